The van der Waals surface area contributed by atoms with Gasteiger partial charge in [-0.25, -0.2) is 0 Å². The lowest BCUT2D eigenvalue weighted by Crippen LogP contribution is -2.24. The Bertz CT molecular complexity index is 308. The highest BCUT2D eigenvalue weighted by Gasteiger charge is 2.11. The third kappa shape index (κ3) is 2.42. The van der Waals surface area contributed by atoms with E-state index in [2.05, 4.69) is 24.8 Å². The van der Waals surface area contributed by atoms with Gasteiger partial charge in [-0.05, 0) is 26.0 Å². The zero-order chi connectivity index (χ0) is 11.3. The summed E-state index contributed by atoms with van der Waals surface area (Å²) in [5.74, 6) is 0.877. The fourth-order valence-corrected chi connectivity index (χ4v) is 1.81. The molecule has 0 atom stereocenters. The van der Waals surface area contributed by atoms with Gasteiger partial charge in [-0.1, -0.05) is 6.07 Å². The summed E-state index contributed by atoms with van der Waals surface area (Å²) in [4.78, 5) is 2.28. The average Bonchev–Trinajstić information content (AvgIpc) is 2.30. The maximum Gasteiger partial charge on any atom is 0.125 e. The summed E-state index contributed by atoms with van der Waals surface area (Å²) in [6, 6.07) is 6.05. The van der Waals surface area contributed by atoms with Gasteiger partial charge in [-0.3, -0.25) is 0 Å². The Labute approximate surface area is 91.8 Å². The summed E-state index contributed by atoms with van der Waals surface area (Å²) < 4.78 is 5.31. The Morgan fingerprint density at radius 3 is 2.40 bits per heavy atom. The first-order valence-electron chi connectivity index (χ1n) is 5.39. The van der Waals surface area contributed by atoms with E-state index in [9.17, 15) is 0 Å². The fourth-order valence-electron chi connectivity index (χ4n) is 1.81. The van der Waals surface area contributed by atoms with E-state index in [0.717, 1.165) is 24.4 Å². The van der Waals surface area contributed by atoms with Crippen LogP contribution in [0.4, 0.5) is 5.69 Å². The SMILES string of the molecule is CCN(CC)c1cccc(OC)c1CN. The summed E-state index contributed by atoms with van der Waals surface area (Å²) in [5, 5.41) is 0. The van der Waals surface area contributed by atoms with Crippen LogP contribution in [0.5, 0.6) is 5.75 Å². The van der Waals surface area contributed by atoms with Gasteiger partial charge in [-0.15, -0.1) is 0 Å². The Morgan fingerprint density at radius 2 is 1.93 bits per heavy atom. The van der Waals surface area contributed by atoms with Crippen molar-refractivity contribution in [2.24, 2.45) is 5.73 Å². The molecule has 1 aromatic rings. The van der Waals surface area contributed by atoms with Gasteiger partial charge in [0, 0.05) is 30.9 Å². The van der Waals surface area contributed by atoms with Gasteiger partial charge < -0.3 is 15.4 Å². The molecule has 0 heterocycles. The number of ether oxygens (including phenoxy) is 1. The summed E-state index contributed by atoms with van der Waals surface area (Å²) in [5.41, 5.74) is 8.04. The molecule has 0 saturated heterocycles. The van der Waals surface area contributed by atoms with Gasteiger partial charge in [-0.2, -0.15) is 0 Å². The summed E-state index contributed by atoms with van der Waals surface area (Å²) in [6.07, 6.45) is 0. The largest absolute Gasteiger partial charge is 0.496 e. The van der Waals surface area contributed by atoms with Crippen molar-refractivity contribution in [3.63, 3.8) is 0 Å². The predicted octanol–water partition coefficient (Wildman–Crippen LogP) is 2.00. The molecule has 0 saturated carbocycles. The molecule has 0 aliphatic heterocycles. The van der Waals surface area contributed by atoms with Crippen LogP contribution in [0.1, 0.15) is 19.4 Å². The quantitative estimate of drug-likeness (QED) is 0.804. The molecular weight excluding hydrogens is 188 g/mol. The van der Waals surface area contributed by atoms with Crippen LogP contribution in [-0.4, -0.2) is 20.2 Å². The minimum absolute atomic E-state index is 0.510. The van der Waals surface area contributed by atoms with E-state index in [1.54, 1.807) is 7.11 Å². The van der Waals surface area contributed by atoms with Crippen LogP contribution in [0.15, 0.2) is 18.2 Å². The number of rotatable bonds is 5. The zero-order valence-corrected chi connectivity index (χ0v) is 9.79. The number of anilines is 1. The van der Waals surface area contributed by atoms with E-state index in [4.69, 9.17) is 10.5 Å². The molecule has 0 spiro atoms. The van der Waals surface area contributed by atoms with Gasteiger partial charge in [0.15, 0.2) is 0 Å². The standard InChI is InChI=1S/C12H20N2O/c1-4-14(5-2)11-7-6-8-12(15-3)10(11)9-13/h6-8H,4-5,9,13H2,1-3H3. The molecule has 0 aromatic heterocycles. The van der Waals surface area contributed by atoms with Crippen molar-refractivity contribution >= 4 is 5.69 Å². The monoisotopic (exact) mass is 208 g/mol. The molecule has 1 rings (SSSR count). The molecule has 3 heteroatoms. The fraction of sp³-hybridized carbons (Fsp3) is 0.500. The van der Waals surface area contributed by atoms with E-state index in [1.165, 1.54) is 5.69 Å². The maximum absolute atomic E-state index is 5.77. The van der Waals surface area contributed by atoms with E-state index in [-0.39, 0.29) is 0 Å². The van der Waals surface area contributed by atoms with Crippen LogP contribution >= 0.6 is 0 Å². The number of methoxy groups -OCH3 is 1. The second-order valence-electron chi connectivity index (χ2n) is 3.33. The Balaban J connectivity index is 3.15. The summed E-state index contributed by atoms with van der Waals surface area (Å²) in [6.45, 7) is 6.76. The molecule has 0 unspecified atom stereocenters. The Hall–Kier alpha value is -1.22. The number of benzene rings is 1. The average molecular weight is 208 g/mol. The number of hydrogen-bond donors (Lipinski definition) is 1. The molecule has 1 aromatic carbocycles. The highest BCUT2D eigenvalue weighted by atomic mass is 16.5. The number of nitrogens with zero attached hydrogens (tertiary/aromatic N) is 1. The predicted molar refractivity (Wildman–Crippen MR) is 64.4 cm³/mol. The first kappa shape index (κ1) is 11.9. The minimum Gasteiger partial charge on any atom is -0.496 e. The molecule has 0 amide bonds. The third-order valence-corrected chi connectivity index (χ3v) is 2.64. The molecule has 0 aliphatic rings. The molecule has 0 fully saturated rings. The van der Waals surface area contributed by atoms with Crippen molar-refractivity contribution in [2.45, 2.75) is 20.4 Å². The lowest BCUT2D eigenvalue weighted by Gasteiger charge is -2.24. The Kier molecular flexibility index (Phi) is 4.43. The van der Waals surface area contributed by atoms with Gasteiger partial charge in [0.05, 0.1) is 7.11 Å². The first-order valence-corrected chi connectivity index (χ1v) is 5.39. The zero-order valence-electron chi connectivity index (χ0n) is 9.79. The number of hydrogen-bond acceptors (Lipinski definition) is 3. The Morgan fingerprint density at radius 1 is 1.27 bits per heavy atom. The smallest absolute Gasteiger partial charge is 0.125 e. The van der Waals surface area contributed by atoms with Crippen molar-refractivity contribution in [2.75, 3.05) is 25.1 Å². The lowest BCUT2D eigenvalue weighted by atomic mass is 10.1. The van der Waals surface area contributed by atoms with Crippen LogP contribution in [0.2, 0.25) is 0 Å². The second-order valence-corrected chi connectivity index (χ2v) is 3.33. The van der Waals surface area contributed by atoms with Crippen molar-refractivity contribution in [1.82, 2.24) is 0 Å². The van der Waals surface area contributed by atoms with E-state index < -0.39 is 0 Å². The van der Waals surface area contributed by atoms with Gasteiger partial charge in [0.2, 0.25) is 0 Å². The van der Waals surface area contributed by atoms with Crippen LogP contribution in [0, 0.1) is 0 Å². The van der Waals surface area contributed by atoms with Crippen LogP contribution in [-0.2, 0) is 6.54 Å². The van der Waals surface area contributed by atoms with E-state index >= 15 is 0 Å². The normalized spacial score (nSPS) is 10.1. The maximum atomic E-state index is 5.77. The van der Waals surface area contributed by atoms with Crippen LogP contribution in [0.3, 0.4) is 0 Å². The topological polar surface area (TPSA) is 38.5 Å². The lowest BCUT2D eigenvalue weighted by molar-refractivity contribution is 0.410. The van der Waals surface area contributed by atoms with Gasteiger partial charge in [0.25, 0.3) is 0 Å². The molecule has 0 aliphatic carbocycles. The third-order valence-electron chi connectivity index (χ3n) is 2.64. The molecule has 84 valence electrons. The second kappa shape index (κ2) is 5.61. The van der Waals surface area contributed by atoms with Crippen molar-refractivity contribution in [3.05, 3.63) is 23.8 Å². The number of nitrogens with two attached hydrogens (primary N) is 1. The van der Waals surface area contributed by atoms with E-state index in [0.29, 0.717) is 6.54 Å². The highest BCUT2D eigenvalue weighted by Crippen LogP contribution is 2.28. The van der Waals surface area contributed by atoms with E-state index in [1.807, 2.05) is 12.1 Å². The molecular formula is C12H20N2O. The van der Waals surface area contributed by atoms with Gasteiger partial charge >= 0.3 is 0 Å². The highest BCUT2D eigenvalue weighted by molar-refractivity contribution is 5.59. The van der Waals surface area contributed by atoms with Crippen molar-refractivity contribution < 1.29 is 4.74 Å². The molecule has 3 nitrogen and oxygen atoms in total. The molecule has 0 radical (unpaired) electrons. The van der Waals surface area contributed by atoms with Crippen LogP contribution < -0.4 is 15.4 Å². The molecule has 15 heavy (non-hydrogen) atoms. The molecule has 0 bridgehead atoms. The van der Waals surface area contributed by atoms with Crippen LogP contribution in [0.25, 0.3) is 0 Å². The minimum atomic E-state index is 0.510. The summed E-state index contributed by atoms with van der Waals surface area (Å²) >= 11 is 0. The van der Waals surface area contributed by atoms with Crippen molar-refractivity contribution in [3.8, 4) is 5.75 Å². The molecule has 2 N–H and O–H groups in total. The van der Waals surface area contributed by atoms with Gasteiger partial charge in [0.1, 0.15) is 5.75 Å². The van der Waals surface area contributed by atoms with Crippen molar-refractivity contribution in [1.29, 1.82) is 0 Å². The first-order chi connectivity index (χ1) is 7.28. The summed E-state index contributed by atoms with van der Waals surface area (Å²) in [7, 11) is 1.68.